The molecule has 1 aromatic rings. The molecular weight excluding hydrogens is 178 g/mol. The van der Waals surface area contributed by atoms with E-state index in [0.29, 0.717) is 12.1 Å². The van der Waals surface area contributed by atoms with E-state index in [0.717, 1.165) is 18.4 Å². The van der Waals surface area contributed by atoms with Crippen LogP contribution in [0.4, 0.5) is 5.69 Å². The molecule has 1 aliphatic carbocycles. The number of Topliss-reactive ketones (excluding diaryl/α,β-unsaturated/α-hetero) is 1. The van der Waals surface area contributed by atoms with Crippen molar-refractivity contribution in [3.8, 4) is 5.75 Å². The van der Waals surface area contributed by atoms with E-state index in [4.69, 9.17) is 5.73 Å². The fourth-order valence-corrected chi connectivity index (χ4v) is 2.01. The van der Waals surface area contributed by atoms with Crippen LogP contribution in [0.1, 0.15) is 30.7 Å². The Morgan fingerprint density at radius 3 is 2.86 bits per heavy atom. The lowest BCUT2D eigenvalue weighted by Gasteiger charge is -2.11. The highest BCUT2D eigenvalue weighted by molar-refractivity contribution is 5.89. The summed E-state index contributed by atoms with van der Waals surface area (Å²) in [5.74, 6) is 0.318. The molecule has 0 heterocycles. The number of carbonyl (C=O) groups is 1. The zero-order chi connectivity index (χ0) is 10.1. The third kappa shape index (κ3) is 1.45. The molecule has 3 heteroatoms. The van der Waals surface area contributed by atoms with Crippen molar-refractivity contribution in [2.45, 2.75) is 25.2 Å². The summed E-state index contributed by atoms with van der Waals surface area (Å²) in [6, 6.07) is 4.79. The van der Waals surface area contributed by atoms with Crippen molar-refractivity contribution in [3.63, 3.8) is 0 Å². The second kappa shape index (κ2) is 3.33. The predicted molar refractivity (Wildman–Crippen MR) is 54.1 cm³/mol. The van der Waals surface area contributed by atoms with Crippen LogP contribution in [0.2, 0.25) is 0 Å². The van der Waals surface area contributed by atoms with Gasteiger partial charge < -0.3 is 10.8 Å². The van der Waals surface area contributed by atoms with Gasteiger partial charge >= 0.3 is 0 Å². The molecule has 74 valence electrons. The Bertz CT molecular complexity index is 374. The molecule has 0 radical (unpaired) electrons. The Labute approximate surface area is 82.5 Å². The van der Waals surface area contributed by atoms with Crippen LogP contribution in [0.5, 0.6) is 5.75 Å². The summed E-state index contributed by atoms with van der Waals surface area (Å²) in [4.78, 5) is 11.5. The van der Waals surface area contributed by atoms with Crippen molar-refractivity contribution >= 4 is 11.5 Å². The van der Waals surface area contributed by atoms with Gasteiger partial charge in [-0.15, -0.1) is 0 Å². The van der Waals surface area contributed by atoms with Gasteiger partial charge in [0.05, 0.1) is 0 Å². The van der Waals surface area contributed by atoms with Gasteiger partial charge in [-0.05, 0) is 36.6 Å². The van der Waals surface area contributed by atoms with Gasteiger partial charge in [0, 0.05) is 18.0 Å². The minimum atomic E-state index is -0.0953. The van der Waals surface area contributed by atoms with Crippen molar-refractivity contribution in [1.29, 1.82) is 0 Å². The molecule has 3 nitrogen and oxygen atoms in total. The molecule has 0 bridgehead atoms. The molecule has 1 saturated carbocycles. The molecule has 14 heavy (non-hydrogen) atoms. The zero-order valence-corrected chi connectivity index (χ0v) is 7.86. The van der Waals surface area contributed by atoms with E-state index in [9.17, 15) is 9.90 Å². The van der Waals surface area contributed by atoms with Gasteiger partial charge in [0.25, 0.3) is 0 Å². The van der Waals surface area contributed by atoms with Gasteiger partial charge in [0.2, 0.25) is 0 Å². The van der Waals surface area contributed by atoms with Crippen molar-refractivity contribution in [2.24, 2.45) is 0 Å². The molecule has 1 fully saturated rings. The van der Waals surface area contributed by atoms with Gasteiger partial charge in [-0.2, -0.15) is 0 Å². The van der Waals surface area contributed by atoms with Crippen LogP contribution in [0, 0.1) is 0 Å². The second-order valence-corrected chi connectivity index (χ2v) is 3.72. The number of nitrogens with two attached hydrogens (primary N) is 1. The number of hydrogen-bond acceptors (Lipinski definition) is 3. The highest BCUT2D eigenvalue weighted by Gasteiger charge is 2.27. The molecule has 1 aromatic carbocycles. The first-order valence-corrected chi connectivity index (χ1v) is 4.79. The zero-order valence-electron chi connectivity index (χ0n) is 7.86. The normalized spacial score (nSPS) is 21.4. The molecule has 3 N–H and O–H groups in total. The highest BCUT2D eigenvalue weighted by Crippen LogP contribution is 2.35. The molecule has 1 atom stereocenters. The number of carbonyl (C=O) groups excluding carboxylic acids is 1. The molecule has 0 aliphatic heterocycles. The average Bonchev–Trinajstić information content (AvgIpc) is 2.56. The number of aromatic hydroxyl groups is 1. The van der Waals surface area contributed by atoms with Crippen LogP contribution in [0.15, 0.2) is 18.2 Å². The van der Waals surface area contributed by atoms with Crippen LogP contribution >= 0.6 is 0 Å². The first-order chi connectivity index (χ1) is 6.68. The predicted octanol–water partition coefficient (Wildman–Crippen LogP) is 1.81. The van der Waals surface area contributed by atoms with Gasteiger partial charge in [-0.25, -0.2) is 0 Å². The third-order valence-electron chi connectivity index (χ3n) is 2.75. The largest absolute Gasteiger partial charge is 0.508 e. The molecule has 0 amide bonds. The number of benzene rings is 1. The van der Waals surface area contributed by atoms with Gasteiger partial charge in [-0.1, -0.05) is 0 Å². The summed E-state index contributed by atoms with van der Waals surface area (Å²) in [5.41, 5.74) is 7.15. The molecule has 1 aliphatic rings. The minimum Gasteiger partial charge on any atom is -0.508 e. The maximum Gasteiger partial charge on any atom is 0.140 e. The number of nitrogen functional groups attached to an aromatic ring is 1. The van der Waals surface area contributed by atoms with E-state index in [1.54, 1.807) is 12.1 Å². The minimum absolute atomic E-state index is 0.0953. The number of hydrogen-bond donors (Lipinski definition) is 2. The maximum absolute atomic E-state index is 11.5. The lowest BCUT2D eigenvalue weighted by Crippen LogP contribution is -2.06. The van der Waals surface area contributed by atoms with E-state index in [2.05, 4.69) is 0 Å². The maximum atomic E-state index is 11.5. The van der Waals surface area contributed by atoms with Gasteiger partial charge in [-0.3, -0.25) is 4.79 Å². The monoisotopic (exact) mass is 191 g/mol. The first-order valence-electron chi connectivity index (χ1n) is 4.79. The Balaban J connectivity index is 2.39. The fraction of sp³-hybridized carbons (Fsp3) is 0.364. The van der Waals surface area contributed by atoms with E-state index >= 15 is 0 Å². The Kier molecular flexibility index (Phi) is 2.15. The summed E-state index contributed by atoms with van der Waals surface area (Å²) in [6.07, 6.45) is 2.42. The molecule has 0 saturated heterocycles. The summed E-state index contributed by atoms with van der Waals surface area (Å²) < 4.78 is 0. The highest BCUT2D eigenvalue weighted by atomic mass is 16.3. The first kappa shape index (κ1) is 9.06. The van der Waals surface area contributed by atoms with Crippen LogP contribution in [0.25, 0.3) is 0 Å². The van der Waals surface area contributed by atoms with Gasteiger partial charge in [0.15, 0.2) is 0 Å². The van der Waals surface area contributed by atoms with Crippen molar-refractivity contribution < 1.29 is 9.90 Å². The molecular formula is C11H13NO2. The lowest BCUT2D eigenvalue weighted by atomic mass is 9.95. The summed E-state index contributed by atoms with van der Waals surface area (Å²) in [7, 11) is 0. The fourth-order valence-electron chi connectivity index (χ4n) is 2.01. The number of rotatable bonds is 1. The lowest BCUT2D eigenvalue weighted by molar-refractivity contribution is -0.118. The number of anilines is 1. The van der Waals surface area contributed by atoms with Crippen LogP contribution in [-0.4, -0.2) is 10.9 Å². The molecule has 0 aromatic heterocycles. The van der Waals surface area contributed by atoms with E-state index < -0.39 is 0 Å². The molecule has 2 rings (SSSR count). The van der Waals surface area contributed by atoms with E-state index in [-0.39, 0.29) is 17.5 Å². The topological polar surface area (TPSA) is 63.3 Å². The Morgan fingerprint density at radius 2 is 2.21 bits per heavy atom. The van der Waals surface area contributed by atoms with Crippen LogP contribution in [-0.2, 0) is 4.79 Å². The third-order valence-corrected chi connectivity index (χ3v) is 2.75. The van der Waals surface area contributed by atoms with Gasteiger partial charge in [0.1, 0.15) is 11.5 Å². The summed E-state index contributed by atoms with van der Waals surface area (Å²) >= 11 is 0. The molecule has 0 spiro atoms. The van der Waals surface area contributed by atoms with Crippen molar-refractivity contribution in [1.82, 2.24) is 0 Å². The summed E-state index contributed by atoms with van der Waals surface area (Å²) in [6.45, 7) is 0. The summed E-state index contributed by atoms with van der Waals surface area (Å²) in [5, 5.41) is 9.32. The van der Waals surface area contributed by atoms with Crippen molar-refractivity contribution in [3.05, 3.63) is 23.8 Å². The average molecular weight is 191 g/mol. The van der Waals surface area contributed by atoms with E-state index in [1.807, 2.05) is 0 Å². The number of ketones is 1. The smallest absolute Gasteiger partial charge is 0.140 e. The SMILES string of the molecule is Nc1ccc(O)cc1C1CCCC1=O. The second-order valence-electron chi connectivity index (χ2n) is 3.72. The number of phenolic OH excluding ortho intramolecular Hbond substituents is 1. The number of phenols is 1. The standard InChI is InChI=1S/C11H13NO2/c12-10-5-4-7(13)6-9(10)8-2-1-3-11(8)14/h4-6,8,13H,1-3,12H2. The van der Waals surface area contributed by atoms with Crippen molar-refractivity contribution in [2.75, 3.05) is 5.73 Å². The van der Waals surface area contributed by atoms with E-state index in [1.165, 1.54) is 6.07 Å². The van der Waals surface area contributed by atoms with Crippen LogP contribution < -0.4 is 5.73 Å². The quantitative estimate of drug-likeness (QED) is 0.525. The van der Waals surface area contributed by atoms with Crippen LogP contribution in [0.3, 0.4) is 0 Å². The Hall–Kier alpha value is -1.51. The Morgan fingerprint density at radius 1 is 1.43 bits per heavy atom. The molecule has 1 unspecified atom stereocenters.